The highest BCUT2D eigenvalue weighted by Gasteiger charge is 2.35. The predicted octanol–water partition coefficient (Wildman–Crippen LogP) is 5.87. The molecule has 1 aromatic carbocycles. The molecule has 2 aromatic heterocycles. The quantitative estimate of drug-likeness (QED) is 0.232. The van der Waals surface area contributed by atoms with Crippen molar-refractivity contribution < 1.29 is 35.5 Å². The molecule has 1 saturated heterocycles. The number of aromatic nitrogens is 3. The number of anilines is 1. The van der Waals surface area contributed by atoms with E-state index < -0.39 is 33.0 Å². The molecule has 3 aromatic rings. The molecular weight excluding hydrogens is 590 g/mol. The Morgan fingerprint density at radius 3 is 2.42 bits per heavy atom. The Morgan fingerprint density at radius 1 is 1.12 bits per heavy atom. The molecule has 2 atom stereocenters. The number of carbonyl (C=O) groups is 1. The average molecular weight is 626 g/mol. The third kappa shape index (κ3) is 7.58. The molecule has 4 rings (SSSR count). The van der Waals surface area contributed by atoms with Gasteiger partial charge in [0, 0.05) is 42.7 Å². The summed E-state index contributed by atoms with van der Waals surface area (Å²) in [4.78, 5) is 24.9. The maximum atomic E-state index is 15.3. The molecular formula is C29H35F4N5O4S. The molecule has 0 bridgehead atoms. The predicted molar refractivity (Wildman–Crippen MR) is 154 cm³/mol. The number of halogens is 4. The number of carbonyl (C=O) groups excluding carboxylic acids is 1. The van der Waals surface area contributed by atoms with Crippen LogP contribution in [0.5, 0.6) is 0 Å². The number of alkyl halides is 2. The van der Waals surface area contributed by atoms with Gasteiger partial charge in [-0.15, -0.1) is 0 Å². The number of pyridine rings is 1. The van der Waals surface area contributed by atoms with E-state index in [2.05, 4.69) is 20.3 Å². The van der Waals surface area contributed by atoms with Gasteiger partial charge in [-0.1, -0.05) is 13.8 Å². The third-order valence-electron chi connectivity index (χ3n) is 7.47. The number of nitrogens with zero attached hydrogens (tertiary/aromatic N) is 4. The standard InChI is InChI=1S/C29H35F4N5O4S/c1-16(12-24(39)42-29(3,4)5)17(2)20-6-9-34-26-21(20)13-18(14-22(26)30)25-23(31)15-35-28(37-25)36-19-7-10-38(11-8-19)43(40,41)27(32)33/h6,9,13-17,19,27H,7-8,10-12H2,1-5H3,(H,35,36,37). The highest BCUT2D eigenvalue weighted by atomic mass is 32.2. The van der Waals surface area contributed by atoms with E-state index in [0.29, 0.717) is 5.39 Å². The van der Waals surface area contributed by atoms with Gasteiger partial charge >= 0.3 is 11.7 Å². The lowest BCUT2D eigenvalue weighted by Crippen LogP contribution is -2.44. The first kappa shape index (κ1) is 32.5. The van der Waals surface area contributed by atoms with Crippen LogP contribution < -0.4 is 5.32 Å². The molecule has 1 aliphatic rings. The van der Waals surface area contributed by atoms with E-state index in [1.807, 2.05) is 13.8 Å². The van der Waals surface area contributed by atoms with Crippen LogP contribution in [0.3, 0.4) is 0 Å². The minimum atomic E-state index is -4.67. The first-order valence-corrected chi connectivity index (χ1v) is 15.4. The van der Waals surface area contributed by atoms with Crippen molar-refractivity contribution in [1.82, 2.24) is 19.3 Å². The maximum Gasteiger partial charge on any atom is 0.350 e. The Bertz CT molecular complexity index is 1590. The fourth-order valence-corrected chi connectivity index (χ4v) is 6.03. The third-order valence-corrected chi connectivity index (χ3v) is 9.01. The number of ether oxygens (including phenoxy) is 1. The Morgan fingerprint density at radius 2 is 1.79 bits per heavy atom. The zero-order valence-corrected chi connectivity index (χ0v) is 25.4. The minimum Gasteiger partial charge on any atom is -0.460 e. The second kappa shape index (κ2) is 12.7. The van der Waals surface area contributed by atoms with Crippen molar-refractivity contribution in [3.63, 3.8) is 0 Å². The van der Waals surface area contributed by atoms with Gasteiger partial charge in [0.05, 0.1) is 6.20 Å². The van der Waals surface area contributed by atoms with Crippen molar-refractivity contribution in [2.24, 2.45) is 5.92 Å². The largest absolute Gasteiger partial charge is 0.460 e. The van der Waals surface area contributed by atoms with E-state index in [1.54, 1.807) is 32.9 Å². The van der Waals surface area contributed by atoms with Crippen molar-refractivity contribution in [2.75, 3.05) is 18.4 Å². The van der Waals surface area contributed by atoms with Crippen molar-refractivity contribution in [3.8, 4) is 11.3 Å². The SMILES string of the molecule is CC(CC(=O)OC(C)(C)C)C(C)c1ccnc2c(F)cc(-c3nc(NC4CCN(S(=O)(=O)C(F)F)CC4)ncc3F)cc12. The monoisotopic (exact) mass is 625 g/mol. The average Bonchev–Trinajstić information content (AvgIpc) is 2.92. The number of fused-ring (bicyclic) bond motifs is 1. The minimum absolute atomic E-state index is 0.0258. The molecule has 0 spiro atoms. The molecule has 0 amide bonds. The second-order valence-corrected chi connectivity index (χ2v) is 13.7. The summed E-state index contributed by atoms with van der Waals surface area (Å²) in [5.74, 6) is -5.66. The summed E-state index contributed by atoms with van der Waals surface area (Å²) in [6, 6.07) is 4.13. The Balaban J connectivity index is 1.58. The van der Waals surface area contributed by atoms with Crippen LogP contribution in [-0.4, -0.2) is 64.1 Å². The lowest BCUT2D eigenvalue weighted by atomic mass is 9.84. The smallest absolute Gasteiger partial charge is 0.350 e. The van der Waals surface area contributed by atoms with Crippen molar-refractivity contribution >= 4 is 32.8 Å². The lowest BCUT2D eigenvalue weighted by Gasteiger charge is -2.31. The van der Waals surface area contributed by atoms with Gasteiger partial charge in [-0.05, 0) is 69.2 Å². The summed E-state index contributed by atoms with van der Waals surface area (Å²) in [5.41, 5.74) is 0.173. The van der Waals surface area contributed by atoms with Crippen molar-refractivity contribution in [1.29, 1.82) is 0 Å². The number of rotatable bonds is 9. The van der Waals surface area contributed by atoms with Gasteiger partial charge in [0.1, 0.15) is 22.6 Å². The van der Waals surface area contributed by atoms with Gasteiger partial charge in [-0.3, -0.25) is 9.78 Å². The number of benzene rings is 1. The lowest BCUT2D eigenvalue weighted by molar-refractivity contribution is -0.156. The van der Waals surface area contributed by atoms with Gasteiger partial charge < -0.3 is 10.1 Å². The van der Waals surface area contributed by atoms with E-state index in [4.69, 9.17) is 4.74 Å². The fraction of sp³-hybridized carbons (Fsp3) is 0.517. The summed E-state index contributed by atoms with van der Waals surface area (Å²) in [6.07, 6.45) is 3.00. The topological polar surface area (TPSA) is 114 Å². The molecule has 1 N–H and O–H groups in total. The van der Waals surface area contributed by atoms with Crippen LogP contribution in [0, 0.1) is 17.6 Å². The van der Waals surface area contributed by atoms with Gasteiger partial charge in [-0.2, -0.15) is 13.1 Å². The highest BCUT2D eigenvalue weighted by Crippen LogP contribution is 2.35. The molecule has 0 aliphatic carbocycles. The summed E-state index contributed by atoms with van der Waals surface area (Å²) in [7, 11) is -4.67. The normalized spacial score (nSPS) is 16.8. The van der Waals surface area contributed by atoms with Crippen molar-refractivity contribution in [2.45, 2.75) is 77.2 Å². The molecule has 1 fully saturated rings. The molecule has 1 aliphatic heterocycles. The summed E-state index contributed by atoms with van der Waals surface area (Å²) >= 11 is 0. The van der Waals surface area contributed by atoms with E-state index in [-0.39, 0.29) is 78.9 Å². The van der Waals surface area contributed by atoms with Crippen LogP contribution in [0.15, 0.2) is 30.6 Å². The number of piperidine rings is 1. The van der Waals surface area contributed by atoms with Gasteiger partial charge in [0.25, 0.3) is 10.0 Å². The number of nitrogens with one attached hydrogen (secondary N) is 1. The van der Waals surface area contributed by atoms with Gasteiger partial charge in [-0.25, -0.2) is 27.2 Å². The summed E-state index contributed by atoms with van der Waals surface area (Å²) < 4.78 is 85.8. The molecule has 234 valence electrons. The van der Waals surface area contributed by atoms with E-state index >= 15 is 8.78 Å². The van der Waals surface area contributed by atoms with E-state index in [0.717, 1.165) is 22.1 Å². The zero-order valence-electron chi connectivity index (χ0n) is 24.6. The van der Waals surface area contributed by atoms with Crippen LogP contribution >= 0.6 is 0 Å². The molecule has 0 saturated carbocycles. The Hall–Kier alpha value is -3.39. The van der Waals surface area contributed by atoms with E-state index in [1.165, 1.54) is 6.20 Å². The van der Waals surface area contributed by atoms with Crippen LogP contribution in [0.25, 0.3) is 22.2 Å². The van der Waals surface area contributed by atoms with E-state index in [9.17, 15) is 22.0 Å². The molecule has 9 nitrogen and oxygen atoms in total. The molecule has 43 heavy (non-hydrogen) atoms. The van der Waals surface area contributed by atoms with Gasteiger partial charge in [0.2, 0.25) is 5.95 Å². The van der Waals surface area contributed by atoms with Crippen molar-refractivity contribution in [3.05, 3.63) is 47.8 Å². The number of esters is 1. The van der Waals surface area contributed by atoms with Crippen LogP contribution in [0.1, 0.15) is 65.4 Å². The maximum absolute atomic E-state index is 15.3. The fourth-order valence-electron chi connectivity index (χ4n) is 5.08. The van der Waals surface area contributed by atoms with Crippen LogP contribution in [0.2, 0.25) is 0 Å². The molecule has 2 unspecified atom stereocenters. The molecule has 0 radical (unpaired) electrons. The first-order chi connectivity index (χ1) is 20.1. The molecule has 14 heteroatoms. The number of hydrogen-bond acceptors (Lipinski definition) is 8. The zero-order chi connectivity index (χ0) is 31.7. The van der Waals surface area contributed by atoms with Crippen LogP contribution in [0.4, 0.5) is 23.5 Å². The summed E-state index contributed by atoms with van der Waals surface area (Å²) in [5, 5.41) is 3.45. The first-order valence-electron chi connectivity index (χ1n) is 13.9. The summed E-state index contributed by atoms with van der Waals surface area (Å²) in [6.45, 7) is 8.95. The Kier molecular flexibility index (Phi) is 9.60. The number of sulfonamides is 1. The van der Waals surface area contributed by atoms with Crippen LogP contribution in [-0.2, 0) is 19.6 Å². The Labute approximate surface area is 248 Å². The highest BCUT2D eigenvalue weighted by molar-refractivity contribution is 7.89. The van der Waals surface area contributed by atoms with Gasteiger partial charge in [0.15, 0.2) is 5.82 Å². The number of hydrogen-bond donors (Lipinski definition) is 1. The second-order valence-electron chi connectivity index (χ2n) is 11.8. The molecule has 3 heterocycles.